The van der Waals surface area contributed by atoms with Crippen molar-refractivity contribution in [3.63, 3.8) is 0 Å². The molecule has 0 aliphatic heterocycles. The Morgan fingerprint density at radius 2 is 1.53 bits per heavy atom. The fraction of sp³-hybridized carbons (Fsp3) is 0.433. The summed E-state index contributed by atoms with van der Waals surface area (Å²) in [5, 5.41) is 10.7. The molecule has 1 aromatic carbocycles. The van der Waals surface area contributed by atoms with Gasteiger partial charge in [-0.05, 0) is 81.7 Å². The summed E-state index contributed by atoms with van der Waals surface area (Å²) in [5.74, 6) is 0.284. The fourth-order valence-electron chi connectivity index (χ4n) is 3.90. The van der Waals surface area contributed by atoms with E-state index in [1.54, 1.807) is 22.8 Å². The third-order valence-electron chi connectivity index (χ3n) is 5.77. The number of hydrogen-bond acceptors (Lipinski definition) is 3. The lowest BCUT2D eigenvalue weighted by atomic mass is 10.1. The first-order valence-electron chi connectivity index (χ1n) is 12.8. The van der Waals surface area contributed by atoms with E-state index in [9.17, 15) is 9.90 Å². The molecule has 0 saturated carbocycles. The average molecular weight is 463 g/mol. The van der Waals surface area contributed by atoms with Gasteiger partial charge in [0, 0.05) is 18.0 Å². The molecule has 0 bridgehead atoms. The largest absolute Gasteiger partial charge is 0.508 e. The molecule has 0 radical (unpaired) electrons. The number of aromatic hydroxyl groups is 1. The van der Waals surface area contributed by atoms with Crippen LogP contribution in [0.3, 0.4) is 0 Å². The van der Waals surface area contributed by atoms with Crippen molar-refractivity contribution in [1.29, 1.82) is 0 Å². The standard InChI is InChI=1S/C30H42N2O2/c1-2-3-4-5-6-7-8-9-10-11-12-13-14-15-16-17-18-19-30(34)32-25-26(22-23-31)28-24-27(33)20-21-29(28)32/h6-7,9-10,12-13,15-16,20-21,24-25,33H,2-5,8,11,14,17-19,22-23,31H2,1H3/b7-6-,10-9-,13-12-,16-15-. The second kappa shape index (κ2) is 16.7. The van der Waals surface area contributed by atoms with Gasteiger partial charge in [-0.1, -0.05) is 68.4 Å². The van der Waals surface area contributed by atoms with E-state index in [1.165, 1.54) is 25.7 Å². The molecule has 0 fully saturated rings. The van der Waals surface area contributed by atoms with E-state index in [0.29, 0.717) is 19.4 Å². The third kappa shape index (κ3) is 9.96. The summed E-state index contributed by atoms with van der Waals surface area (Å²) in [6.45, 7) is 2.74. The van der Waals surface area contributed by atoms with Gasteiger partial charge in [0.15, 0.2) is 0 Å². The molecule has 3 N–H and O–H groups in total. The summed E-state index contributed by atoms with van der Waals surface area (Å²) < 4.78 is 1.71. The number of allylic oxidation sites excluding steroid dienone is 8. The molecule has 4 nitrogen and oxygen atoms in total. The van der Waals surface area contributed by atoms with Gasteiger partial charge in [-0.3, -0.25) is 9.36 Å². The van der Waals surface area contributed by atoms with Gasteiger partial charge in [0.2, 0.25) is 5.91 Å². The number of nitrogens with zero attached hydrogens (tertiary/aromatic N) is 1. The van der Waals surface area contributed by atoms with Crippen molar-refractivity contribution in [2.24, 2.45) is 5.73 Å². The highest BCUT2D eigenvalue weighted by Crippen LogP contribution is 2.26. The van der Waals surface area contributed by atoms with Crippen LogP contribution in [0.4, 0.5) is 0 Å². The summed E-state index contributed by atoms with van der Waals surface area (Å²) in [5.41, 5.74) is 7.55. The van der Waals surface area contributed by atoms with E-state index in [4.69, 9.17) is 5.73 Å². The number of phenols is 1. The highest BCUT2D eigenvalue weighted by molar-refractivity contribution is 5.95. The van der Waals surface area contributed by atoms with Crippen LogP contribution in [0.15, 0.2) is 73.0 Å². The molecule has 0 unspecified atom stereocenters. The zero-order valence-corrected chi connectivity index (χ0v) is 20.8. The van der Waals surface area contributed by atoms with Gasteiger partial charge in [0.05, 0.1) is 5.52 Å². The first kappa shape index (κ1) is 27.4. The second-order valence-electron chi connectivity index (χ2n) is 8.64. The third-order valence-corrected chi connectivity index (χ3v) is 5.77. The molecule has 0 aliphatic rings. The fourth-order valence-corrected chi connectivity index (χ4v) is 3.90. The van der Waals surface area contributed by atoms with Crippen LogP contribution < -0.4 is 5.73 Å². The Balaban J connectivity index is 1.63. The number of phenolic OH excluding ortho intramolecular Hbond substituents is 1. The Bertz CT molecular complexity index is 979. The van der Waals surface area contributed by atoms with Crippen molar-refractivity contribution in [3.8, 4) is 5.75 Å². The van der Waals surface area contributed by atoms with Gasteiger partial charge in [0.1, 0.15) is 5.75 Å². The van der Waals surface area contributed by atoms with Crippen molar-refractivity contribution < 1.29 is 9.90 Å². The maximum Gasteiger partial charge on any atom is 0.231 e. The van der Waals surface area contributed by atoms with E-state index in [2.05, 4.69) is 55.5 Å². The smallest absolute Gasteiger partial charge is 0.231 e. The summed E-state index contributed by atoms with van der Waals surface area (Å²) in [7, 11) is 0. The second-order valence-corrected chi connectivity index (χ2v) is 8.64. The Morgan fingerprint density at radius 3 is 2.15 bits per heavy atom. The molecule has 2 aromatic rings. The van der Waals surface area contributed by atoms with Crippen LogP contribution >= 0.6 is 0 Å². The lowest BCUT2D eigenvalue weighted by Gasteiger charge is -2.03. The minimum absolute atomic E-state index is 0.0786. The van der Waals surface area contributed by atoms with Gasteiger partial charge in [-0.25, -0.2) is 0 Å². The number of carbonyl (C=O) groups excluding carboxylic acids is 1. The van der Waals surface area contributed by atoms with Crippen molar-refractivity contribution in [1.82, 2.24) is 4.57 Å². The van der Waals surface area contributed by atoms with Gasteiger partial charge < -0.3 is 10.8 Å². The van der Waals surface area contributed by atoms with Crippen LogP contribution in [-0.4, -0.2) is 22.1 Å². The maximum atomic E-state index is 12.7. The number of aromatic nitrogens is 1. The molecule has 1 aromatic heterocycles. The molecular formula is C30H42N2O2. The number of nitrogens with two attached hydrogens (primary N) is 1. The SMILES string of the molecule is CCCCC/C=C\C/C=C\C/C=C\C/C=C\CCCC(=O)n1cc(CCN)c2cc(O)ccc21. The molecular weight excluding hydrogens is 420 g/mol. The topological polar surface area (TPSA) is 68.2 Å². The molecule has 0 atom stereocenters. The number of hydrogen-bond donors (Lipinski definition) is 2. The minimum atomic E-state index is 0.0786. The van der Waals surface area contributed by atoms with Gasteiger partial charge >= 0.3 is 0 Å². The molecule has 1 heterocycles. The Kier molecular flexibility index (Phi) is 13.5. The lowest BCUT2D eigenvalue weighted by molar-refractivity contribution is 0.0905. The number of benzene rings is 1. The van der Waals surface area contributed by atoms with E-state index in [1.807, 2.05) is 6.20 Å². The summed E-state index contributed by atoms with van der Waals surface area (Å²) in [6, 6.07) is 5.13. The van der Waals surface area contributed by atoms with Gasteiger partial charge in [-0.15, -0.1) is 0 Å². The van der Waals surface area contributed by atoms with Crippen LogP contribution in [0.2, 0.25) is 0 Å². The quantitative estimate of drug-likeness (QED) is 0.199. The molecule has 0 aliphatic carbocycles. The normalized spacial score (nSPS) is 12.4. The molecule has 0 amide bonds. The van der Waals surface area contributed by atoms with E-state index in [0.717, 1.165) is 48.6 Å². The van der Waals surface area contributed by atoms with Crippen molar-refractivity contribution in [2.75, 3.05) is 6.54 Å². The van der Waals surface area contributed by atoms with Crippen molar-refractivity contribution in [2.45, 2.75) is 77.6 Å². The number of carbonyl (C=O) groups is 1. The minimum Gasteiger partial charge on any atom is -0.508 e. The number of fused-ring (bicyclic) bond motifs is 1. The first-order valence-corrected chi connectivity index (χ1v) is 12.8. The van der Waals surface area contributed by atoms with E-state index >= 15 is 0 Å². The zero-order valence-electron chi connectivity index (χ0n) is 20.8. The molecule has 34 heavy (non-hydrogen) atoms. The number of unbranched alkanes of at least 4 members (excludes halogenated alkanes) is 4. The van der Waals surface area contributed by atoms with Crippen LogP contribution in [-0.2, 0) is 6.42 Å². The van der Waals surface area contributed by atoms with Gasteiger partial charge in [-0.2, -0.15) is 0 Å². The Hall–Kier alpha value is -2.85. The van der Waals surface area contributed by atoms with Crippen LogP contribution in [0.25, 0.3) is 10.9 Å². The molecule has 2 rings (SSSR count). The van der Waals surface area contributed by atoms with Crippen LogP contribution in [0.5, 0.6) is 5.75 Å². The predicted molar refractivity (Wildman–Crippen MR) is 145 cm³/mol. The predicted octanol–water partition coefficient (Wildman–Crippen LogP) is 7.63. The van der Waals surface area contributed by atoms with Crippen LogP contribution in [0, 0.1) is 0 Å². The van der Waals surface area contributed by atoms with E-state index in [-0.39, 0.29) is 11.7 Å². The number of rotatable bonds is 16. The van der Waals surface area contributed by atoms with Crippen LogP contribution in [0.1, 0.15) is 81.5 Å². The summed E-state index contributed by atoms with van der Waals surface area (Å²) in [6.07, 6.45) is 30.5. The average Bonchev–Trinajstić information content (AvgIpc) is 3.18. The van der Waals surface area contributed by atoms with E-state index < -0.39 is 0 Å². The molecule has 0 spiro atoms. The first-order chi connectivity index (χ1) is 16.7. The lowest BCUT2D eigenvalue weighted by Crippen LogP contribution is -2.09. The molecule has 184 valence electrons. The van der Waals surface area contributed by atoms with Crippen molar-refractivity contribution >= 4 is 16.8 Å². The highest BCUT2D eigenvalue weighted by atomic mass is 16.3. The monoisotopic (exact) mass is 462 g/mol. The highest BCUT2D eigenvalue weighted by Gasteiger charge is 2.13. The van der Waals surface area contributed by atoms with Crippen molar-refractivity contribution in [3.05, 3.63) is 78.6 Å². The zero-order chi connectivity index (χ0) is 24.4. The molecule has 4 heteroatoms. The Labute approximate surface area is 205 Å². The summed E-state index contributed by atoms with van der Waals surface area (Å²) in [4.78, 5) is 12.7. The molecule has 0 saturated heterocycles. The Morgan fingerprint density at radius 1 is 0.912 bits per heavy atom. The maximum absolute atomic E-state index is 12.7. The van der Waals surface area contributed by atoms with Gasteiger partial charge in [0.25, 0.3) is 0 Å². The summed E-state index contributed by atoms with van der Waals surface area (Å²) >= 11 is 0.